The molecule has 2 aromatic carbocycles. The number of nitro groups is 1. The first kappa shape index (κ1) is 22.5. The van der Waals surface area contributed by atoms with Crippen molar-refractivity contribution in [2.45, 2.75) is 20.3 Å². The number of hydrazone groups is 1. The van der Waals surface area contributed by atoms with Gasteiger partial charge in [0.05, 0.1) is 24.4 Å². The minimum atomic E-state index is -0.581. The Hall–Kier alpha value is -4.14. The average molecular weight is 437 g/mol. The van der Waals surface area contributed by atoms with Crippen LogP contribution >= 0.6 is 0 Å². The van der Waals surface area contributed by atoms with E-state index in [0.29, 0.717) is 47.7 Å². The van der Waals surface area contributed by atoms with Crippen LogP contribution in [-0.4, -0.2) is 30.3 Å². The van der Waals surface area contributed by atoms with Crippen LogP contribution in [0.1, 0.15) is 35.5 Å². The zero-order valence-electron chi connectivity index (χ0n) is 17.8. The number of hydrogen-bond donors (Lipinski definition) is 1. The van der Waals surface area contributed by atoms with Gasteiger partial charge < -0.3 is 13.9 Å². The van der Waals surface area contributed by atoms with Crippen LogP contribution < -0.4 is 14.9 Å². The molecular formula is C23H23N3O6. The summed E-state index contributed by atoms with van der Waals surface area (Å²) >= 11 is 0. The van der Waals surface area contributed by atoms with Gasteiger partial charge in [-0.3, -0.25) is 14.9 Å². The highest BCUT2D eigenvalue weighted by Crippen LogP contribution is 2.33. The van der Waals surface area contributed by atoms with Crippen LogP contribution in [0.2, 0.25) is 0 Å². The summed E-state index contributed by atoms with van der Waals surface area (Å²) in [7, 11) is 0. The summed E-state index contributed by atoms with van der Waals surface area (Å²) in [5.41, 5.74) is 4.27. The molecule has 166 valence electrons. The summed E-state index contributed by atoms with van der Waals surface area (Å²) < 4.78 is 16.9. The maximum absolute atomic E-state index is 12.4. The van der Waals surface area contributed by atoms with Crippen molar-refractivity contribution in [3.05, 3.63) is 76.1 Å². The van der Waals surface area contributed by atoms with Crippen molar-refractivity contribution in [1.82, 2.24) is 5.43 Å². The number of nitrogens with zero attached hydrogens (tertiary/aromatic N) is 2. The molecule has 9 nitrogen and oxygen atoms in total. The van der Waals surface area contributed by atoms with Crippen LogP contribution in [0, 0.1) is 10.1 Å². The lowest BCUT2D eigenvalue weighted by Crippen LogP contribution is -2.16. The highest BCUT2D eigenvalue weighted by atomic mass is 16.6. The molecule has 32 heavy (non-hydrogen) atoms. The van der Waals surface area contributed by atoms with Crippen molar-refractivity contribution in [3.8, 4) is 11.5 Å². The van der Waals surface area contributed by atoms with E-state index in [2.05, 4.69) is 17.1 Å². The van der Waals surface area contributed by atoms with Crippen molar-refractivity contribution in [1.29, 1.82) is 0 Å². The molecule has 0 fully saturated rings. The number of nitrogens with one attached hydrogen (secondary N) is 1. The number of carbonyl (C=O) groups excluding carboxylic acids is 1. The number of benzene rings is 2. The first-order valence-electron chi connectivity index (χ1n) is 10.0. The van der Waals surface area contributed by atoms with Gasteiger partial charge in [-0.25, -0.2) is 5.43 Å². The molecule has 9 heteroatoms. The standard InChI is InChI=1S/C23H23N3O6/c1-4-7-16-10-15(11-20(30-5-2)22(16)31-6-3)14-24-25-23(27)21-13-17-12-18(26(28)29)8-9-19(17)32-21/h4,8-14H,1,5-7H2,2-3H3,(H,25,27). The molecule has 1 amide bonds. The lowest BCUT2D eigenvalue weighted by molar-refractivity contribution is -0.384. The zero-order valence-corrected chi connectivity index (χ0v) is 17.8. The number of ether oxygens (including phenoxy) is 2. The van der Waals surface area contributed by atoms with E-state index in [-0.39, 0.29) is 11.4 Å². The number of non-ortho nitro benzene ring substituents is 1. The molecule has 0 aliphatic rings. The van der Waals surface area contributed by atoms with E-state index in [1.807, 2.05) is 19.9 Å². The molecule has 0 radical (unpaired) electrons. The van der Waals surface area contributed by atoms with Crippen LogP contribution in [0.15, 0.2) is 58.6 Å². The zero-order chi connectivity index (χ0) is 23.1. The molecule has 0 spiro atoms. The number of fused-ring (bicyclic) bond motifs is 1. The number of rotatable bonds is 10. The summed E-state index contributed by atoms with van der Waals surface area (Å²) in [4.78, 5) is 22.8. The quantitative estimate of drug-likeness (QED) is 0.214. The van der Waals surface area contributed by atoms with Gasteiger partial charge in [0.25, 0.3) is 5.69 Å². The van der Waals surface area contributed by atoms with Crippen molar-refractivity contribution >= 4 is 28.8 Å². The lowest BCUT2D eigenvalue weighted by atomic mass is 10.1. The van der Waals surface area contributed by atoms with Crippen LogP contribution in [-0.2, 0) is 6.42 Å². The largest absolute Gasteiger partial charge is 0.490 e. The van der Waals surface area contributed by atoms with Gasteiger partial charge in [0.2, 0.25) is 0 Å². The second-order valence-electron chi connectivity index (χ2n) is 6.66. The SMILES string of the molecule is C=CCc1cc(C=NNC(=O)c2cc3cc([N+](=O)[O-])ccc3o2)cc(OCC)c1OCC. The molecule has 1 N–H and O–H groups in total. The molecule has 1 aromatic heterocycles. The van der Waals surface area contributed by atoms with Gasteiger partial charge in [-0.1, -0.05) is 6.08 Å². The molecule has 0 aliphatic carbocycles. The van der Waals surface area contributed by atoms with E-state index < -0.39 is 10.8 Å². The summed E-state index contributed by atoms with van der Waals surface area (Å²) in [6.45, 7) is 8.52. The number of nitro benzene ring substituents is 1. The highest BCUT2D eigenvalue weighted by molar-refractivity contribution is 5.97. The Morgan fingerprint density at radius 2 is 2.00 bits per heavy atom. The first-order valence-corrected chi connectivity index (χ1v) is 10.0. The molecule has 0 aliphatic heterocycles. The normalized spacial score (nSPS) is 10.9. The molecule has 0 unspecified atom stereocenters. The van der Waals surface area contributed by atoms with Crippen molar-refractivity contribution in [3.63, 3.8) is 0 Å². The predicted molar refractivity (Wildman–Crippen MR) is 121 cm³/mol. The molecule has 0 bridgehead atoms. The minimum Gasteiger partial charge on any atom is -0.490 e. The molecule has 3 aromatic rings. The lowest BCUT2D eigenvalue weighted by Gasteiger charge is -2.15. The van der Waals surface area contributed by atoms with Gasteiger partial charge in [0.1, 0.15) is 5.58 Å². The number of furan rings is 1. The Morgan fingerprint density at radius 1 is 1.22 bits per heavy atom. The maximum atomic E-state index is 12.4. The summed E-state index contributed by atoms with van der Waals surface area (Å²) in [6.07, 6.45) is 3.83. The third-order valence-corrected chi connectivity index (χ3v) is 4.42. The summed E-state index contributed by atoms with van der Waals surface area (Å²) in [5.74, 6) is 0.654. The van der Waals surface area contributed by atoms with Gasteiger partial charge in [0.15, 0.2) is 17.3 Å². The minimum absolute atomic E-state index is 0.00769. The van der Waals surface area contributed by atoms with Crippen molar-refractivity contribution < 1.29 is 23.6 Å². The second-order valence-corrected chi connectivity index (χ2v) is 6.66. The van der Waals surface area contributed by atoms with E-state index in [4.69, 9.17) is 13.9 Å². The summed E-state index contributed by atoms with van der Waals surface area (Å²) in [5, 5.41) is 15.4. The highest BCUT2D eigenvalue weighted by Gasteiger charge is 2.15. The Bertz CT molecular complexity index is 1180. The van der Waals surface area contributed by atoms with Gasteiger partial charge >= 0.3 is 5.91 Å². The van der Waals surface area contributed by atoms with Crippen molar-refractivity contribution in [2.24, 2.45) is 5.10 Å². The van der Waals surface area contributed by atoms with Gasteiger partial charge in [-0.05, 0) is 50.1 Å². The van der Waals surface area contributed by atoms with E-state index in [1.54, 1.807) is 12.1 Å². The first-order chi connectivity index (χ1) is 15.5. The van der Waals surface area contributed by atoms with Gasteiger partial charge in [0, 0.05) is 23.1 Å². The molecule has 0 atom stereocenters. The van der Waals surface area contributed by atoms with E-state index in [9.17, 15) is 14.9 Å². The number of amides is 1. The van der Waals surface area contributed by atoms with Crippen molar-refractivity contribution in [2.75, 3.05) is 13.2 Å². The molecule has 0 saturated heterocycles. The predicted octanol–water partition coefficient (Wildman–Crippen LogP) is 4.63. The smallest absolute Gasteiger partial charge is 0.307 e. The fourth-order valence-electron chi connectivity index (χ4n) is 3.11. The Kier molecular flexibility index (Phi) is 7.22. The fourth-order valence-corrected chi connectivity index (χ4v) is 3.11. The Morgan fingerprint density at radius 3 is 2.69 bits per heavy atom. The number of carbonyl (C=O) groups is 1. The third kappa shape index (κ3) is 5.12. The second kappa shape index (κ2) is 10.3. The average Bonchev–Trinajstić information content (AvgIpc) is 3.20. The topological polar surface area (TPSA) is 116 Å². The van der Waals surface area contributed by atoms with E-state index in [1.165, 1.54) is 30.5 Å². The molecule has 3 rings (SSSR count). The number of allylic oxidation sites excluding steroid dienone is 1. The molecule has 0 saturated carbocycles. The summed E-state index contributed by atoms with van der Waals surface area (Å²) in [6, 6.07) is 9.19. The van der Waals surface area contributed by atoms with E-state index in [0.717, 1.165) is 5.56 Å². The Balaban J connectivity index is 1.80. The fraction of sp³-hybridized carbons (Fsp3) is 0.217. The van der Waals surface area contributed by atoms with Gasteiger partial charge in [-0.15, -0.1) is 6.58 Å². The third-order valence-electron chi connectivity index (χ3n) is 4.42. The van der Waals surface area contributed by atoms with Crippen LogP contribution in [0.4, 0.5) is 5.69 Å². The monoisotopic (exact) mass is 437 g/mol. The van der Waals surface area contributed by atoms with Crippen LogP contribution in [0.5, 0.6) is 11.5 Å². The molecular weight excluding hydrogens is 414 g/mol. The molecule has 1 heterocycles. The van der Waals surface area contributed by atoms with E-state index >= 15 is 0 Å². The number of hydrogen-bond acceptors (Lipinski definition) is 7. The maximum Gasteiger partial charge on any atom is 0.307 e. The van der Waals surface area contributed by atoms with Gasteiger partial charge in [-0.2, -0.15) is 5.10 Å². The van der Waals surface area contributed by atoms with Crippen LogP contribution in [0.25, 0.3) is 11.0 Å². The van der Waals surface area contributed by atoms with Crippen LogP contribution in [0.3, 0.4) is 0 Å². The Labute approximate surface area is 184 Å².